The van der Waals surface area contributed by atoms with Crippen LogP contribution in [0, 0.1) is 11.7 Å². The molecule has 0 N–H and O–H groups in total. The van der Waals surface area contributed by atoms with Crippen molar-refractivity contribution in [2.75, 3.05) is 26.4 Å². The van der Waals surface area contributed by atoms with Gasteiger partial charge in [0.2, 0.25) is 5.91 Å². The topological polar surface area (TPSA) is 32.8 Å². The average Bonchev–Trinajstić information content (AvgIpc) is 3.12. The molecule has 1 aromatic carbocycles. The van der Waals surface area contributed by atoms with Gasteiger partial charge in [0, 0.05) is 13.1 Å². The van der Waals surface area contributed by atoms with Crippen molar-refractivity contribution >= 4 is 5.91 Å². The van der Waals surface area contributed by atoms with Gasteiger partial charge in [0.1, 0.15) is 5.82 Å². The Morgan fingerprint density at radius 1 is 1.23 bits per heavy atom. The summed E-state index contributed by atoms with van der Waals surface area (Å²) in [6.07, 6.45) is 5.05. The van der Waals surface area contributed by atoms with Crippen LogP contribution in [0.1, 0.15) is 18.1 Å². The number of benzene rings is 1. The van der Waals surface area contributed by atoms with E-state index < -0.39 is 0 Å². The van der Waals surface area contributed by atoms with E-state index in [2.05, 4.69) is 11.0 Å². The minimum absolute atomic E-state index is 0.0558. The van der Waals surface area contributed by atoms with E-state index in [1.54, 1.807) is 12.1 Å². The molecular formula is C17H19FN2O2. The van der Waals surface area contributed by atoms with Crippen LogP contribution in [-0.4, -0.2) is 48.1 Å². The lowest BCUT2D eigenvalue weighted by Crippen LogP contribution is -2.48. The first-order valence-electron chi connectivity index (χ1n) is 7.79. The second-order valence-corrected chi connectivity index (χ2v) is 6.23. The number of likely N-dealkylation sites (tertiary alicyclic amines) is 1. The van der Waals surface area contributed by atoms with Crippen molar-refractivity contribution < 1.29 is 13.9 Å². The highest BCUT2D eigenvalue weighted by Gasteiger charge is 2.41. The summed E-state index contributed by atoms with van der Waals surface area (Å²) in [5.41, 5.74) is 0.986. The molecule has 1 amide bonds. The van der Waals surface area contributed by atoms with Gasteiger partial charge in [-0.05, 0) is 24.1 Å². The van der Waals surface area contributed by atoms with E-state index in [0.717, 1.165) is 25.1 Å². The normalized spacial score (nSPS) is 31.2. The maximum Gasteiger partial charge on any atom is 0.231 e. The molecule has 2 bridgehead atoms. The SMILES string of the molecule is O=C1[C@H]2C=C[C@@H](C2)N1CN1CCO[C@@H](c2ccc(F)cc2)C1. The fraction of sp³-hybridized carbons (Fsp3) is 0.471. The van der Waals surface area contributed by atoms with Crippen LogP contribution in [0.4, 0.5) is 4.39 Å². The molecule has 1 aliphatic carbocycles. The predicted molar refractivity (Wildman–Crippen MR) is 79.4 cm³/mol. The van der Waals surface area contributed by atoms with Crippen molar-refractivity contribution in [3.63, 3.8) is 0 Å². The monoisotopic (exact) mass is 302 g/mol. The van der Waals surface area contributed by atoms with E-state index in [9.17, 15) is 9.18 Å². The molecule has 1 aromatic rings. The molecule has 2 aliphatic heterocycles. The zero-order valence-corrected chi connectivity index (χ0v) is 12.3. The lowest BCUT2D eigenvalue weighted by Gasteiger charge is -2.37. The Bertz CT molecular complexity index is 601. The second kappa shape index (κ2) is 5.48. The van der Waals surface area contributed by atoms with Gasteiger partial charge >= 0.3 is 0 Å². The maximum absolute atomic E-state index is 13.0. The van der Waals surface area contributed by atoms with Crippen molar-refractivity contribution in [2.24, 2.45) is 5.92 Å². The fourth-order valence-electron chi connectivity index (χ4n) is 3.57. The number of amides is 1. The van der Waals surface area contributed by atoms with E-state index in [0.29, 0.717) is 13.3 Å². The number of nitrogens with zero attached hydrogens (tertiary/aromatic N) is 2. The van der Waals surface area contributed by atoms with Gasteiger partial charge in [0.05, 0.1) is 31.3 Å². The first kappa shape index (κ1) is 13.9. The fourth-order valence-corrected chi connectivity index (χ4v) is 3.57. The number of ether oxygens (including phenoxy) is 1. The molecule has 3 aliphatic rings. The van der Waals surface area contributed by atoms with E-state index in [4.69, 9.17) is 4.74 Å². The molecule has 4 rings (SSSR count). The number of fused-ring (bicyclic) bond motifs is 2. The van der Waals surface area contributed by atoms with Gasteiger partial charge < -0.3 is 9.64 Å². The minimum Gasteiger partial charge on any atom is -0.371 e. The first-order chi connectivity index (χ1) is 10.7. The Morgan fingerprint density at radius 2 is 2.05 bits per heavy atom. The van der Waals surface area contributed by atoms with Crippen LogP contribution in [0.25, 0.3) is 0 Å². The summed E-state index contributed by atoms with van der Waals surface area (Å²) >= 11 is 0. The molecule has 3 atom stereocenters. The zero-order valence-electron chi connectivity index (χ0n) is 12.3. The molecule has 5 heteroatoms. The Balaban J connectivity index is 1.42. The number of hydrogen-bond donors (Lipinski definition) is 0. The number of carbonyl (C=O) groups is 1. The molecule has 2 fully saturated rings. The molecule has 2 heterocycles. The lowest BCUT2D eigenvalue weighted by molar-refractivity contribution is -0.135. The summed E-state index contributed by atoms with van der Waals surface area (Å²) in [6, 6.07) is 6.74. The van der Waals surface area contributed by atoms with E-state index in [1.165, 1.54) is 12.1 Å². The van der Waals surface area contributed by atoms with Crippen LogP contribution >= 0.6 is 0 Å². The summed E-state index contributed by atoms with van der Waals surface area (Å²) in [4.78, 5) is 16.4. The smallest absolute Gasteiger partial charge is 0.231 e. The molecule has 0 saturated carbocycles. The van der Waals surface area contributed by atoms with Gasteiger partial charge in [-0.25, -0.2) is 4.39 Å². The minimum atomic E-state index is -0.234. The van der Waals surface area contributed by atoms with E-state index in [-0.39, 0.29) is 29.8 Å². The summed E-state index contributed by atoms with van der Waals surface area (Å²) in [6.45, 7) is 2.85. The number of carbonyl (C=O) groups excluding carboxylic acids is 1. The highest BCUT2D eigenvalue weighted by molar-refractivity contribution is 5.85. The Kier molecular flexibility index (Phi) is 3.47. The van der Waals surface area contributed by atoms with Crippen LogP contribution in [0.3, 0.4) is 0 Å². The third-order valence-electron chi connectivity index (χ3n) is 4.81. The molecule has 22 heavy (non-hydrogen) atoms. The lowest BCUT2D eigenvalue weighted by atomic mass is 10.1. The van der Waals surface area contributed by atoms with Crippen molar-refractivity contribution in [2.45, 2.75) is 18.6 Å². The highest BCUT2D eigenvalue weighted by atomic mass is 19.1. The Hall–Kier alpha value is -1.72. The number of morpholine rings is 1. The molecule has 4 nitrogen and oxygen atoms in total. The molecule has 2 saturated heterocycles. The third-order valence-corrected chi connectivity index (χ3v) is 4.81. The van der Waals surface area contributed by atoms with Crippen LogP contribution in [0.15, 0.2) is 36.4 Å². The van der Waals surface area contributed by atoms with E-state index >= 15 is 0 Å². The number of hydrogen-bond acceptors (Lipinski definition) is 3. The van der Waals surface area contributed by atoms with Gasteiger partial charge in [-0.3, -0.25) is 9.69 Å². The van der Waals surface area contributed by atoms with Crippen LogP contribution in [-0.2, 0) is 9.53 Å². The maximum atomic E-state index is 13.0. The number of rotatable bonds is 3. The van der Waals surface area contributed by atoms with Crippen molar-refractivity contribution in [3.05, 3.63) is 47.8 Å². The van der Waals surface area contributed by atoms with Gasteiger partial charge in [0.25, 0.3) is 0 Å². The van der Waals surface area contributed by atoms with Crippen molar-refractivity contribution in [1.82, 2.24) is 9.80 Å². The molecule has 0 unspecified atom stereocenters. The van der Waals surface area contributed by atoms with Crippen LogP contribution in [0.2, 0.25) is 0 Å². The molecule has 0 aromatic heterocycles. The Labute approximate surface area is 129 Å². The summed E-state index contributed by atoms with van der Waals surface area (Å²) in [7, 11) is 0. The van der Waals surface area contributed by atoms with Crippen molar-refractivity contribution in [1.29, 1.82) is 0 Å². The first-order valence-corrected chi connectivity index (χ1v) is 7.79. The molecule has 0 radical (unpaired) electrons. The van der Waals surface area contributed by atoms with Gasteiger partial charge in [0.15, 0.2) is 0 Å². The molecule has 0 spiro atoms. The van der Waals surface area contributed by atoms with Gasteiger partial charge in [-0.2, -0.15) is 0 Å². The van der Waals surface area contributed by atoms with Crippen LogP contribution < -0.4 is 0 Å². The molecule has 116 valence electrons. The Morgan fingerprint density at radius 3 is 2.77 bits per heavy atom. The van der Waals surface area contributed by atoms with Crippen LogP contribution in [0.5, 0.6) is 0 Å². The molecular weight excluding hydrogens is 283 g/mol. The van der Waals surface area contributed by atoms with E-state index in [1.807, 2.05) is 11.0 Å². The zero-order chi connectivity index (χ0) is 15.1. The van der Waals surface area contributed by atoms with Gasteiger partial charge in [-0.1, -0.05) is 24.3 Å². The number of halogens is 1. The standard InChI is InChI=1S/C17H19FN2O2/c18-14-4-1-12(2-5-14)16-10-19(7-8-22-16)11-20-15-6-3-13(9-15)17(20)21/h1-6,13,15-16H,7-11H2/t13-,15-,16+/m0/s1. The summed E-state index contributed by atoms with van der Waals surface area (Å²) in [5.74, 6) is 0.109. The average molecular weight is 302 g/mol. The second-order valence-electron chi connectivity index (χ2n) is 6.23. The summed E-state index contributed by atoms with van der Waals surface area (Å²) < 4.78 is 18.8. The predicted octanol–water partition coefficient (Wildman–Crippen LogP) is 1.94. The highest BCUT2D eigenvalue weighted by Crippen LogP contribution is 2.33. The van der Waals surface area contributed by atoms with Crippen molar-refractivity contribution in [3.8, 4) is 0 Å². The third kappa shape index (κ3) is 2.44. The van der Waals surface area contributed by atoms with Gasteiger partial charge in [-0.15, -0.1) is 0 Å². The summed E-state index contributed by atoms with van der Waals surface area (Å²) in [5, 5.41) is 0. The largest absolute Gasteiger partial charge is 0.371 e. The quantitative estimate of drug-likeness (QED) is 0.800.